The van der Waals surface area contributed by atoms with E-state index in [1.807, 2.05) is 30.3 Å². The molecule has 0 bridgehead atoms. The van der Waals surface area contributed by atoms with Crippen LogP contribution in [-0.2, 0) is 0 Å². The van der Waals surface area contributed by atoms with E-state index in [4.69, 9.17) is 4.42 Å². The molecule has 4 nitrogen and oxygen atoms in total. The van der Waals surface area contributed by atoms with E-state index in [1.165, 1.54) is 32.7 Å². The van der Waals surface area contributed by atoms with E-state index in [2.05, 4.69) is 106 Å². The lowest BCUT2D eigenvalue weighted by atomic mass is 9.85. The van der Waals surface area contributed by atoms with Crippen molar-refractivity contribution in [2.75, 3.05) is 0 Å². The largest absolute Gasteiger partial charge is 0.436 e. The number of oxazole rings is 1. The van der Waals surface area contributed by atoms with Crippen molar-refractivity contribution in [2.24, 2.45) is 0 Å². The average molecular weight is 500 g/mol. The summed E-state index contributed by atoms with van der Waals surface area (Å²) in [4.78, 5) is 4.68. The van der Waals surface area contributed by atoms with Crippen LogP contribution in [-0.4, -0.2) is 15.2 Å². The molecule has 2 heterocycles. The number of para-hydroxylation sites is 2. The Kier molecular flexibility index (Phi) is 4.79. The van der Waals surface area contributed by atoms with Crippen LogP contribution in [0.2, 0.25) is 0 Å². The monoisotopic (exact) mass is 499 g/mol. The first-order valence-electron chi connectivity index (χ1n) is 13.0. The molecule has 0 atom stereocenters. The van der Waals surface area contributed by atoms with E-state index in [0.717, 1.165) is 38.7 Å². The van der Waals surface area contributed by atoms with Gasteiger partial charge < -0.3 is 4.42 Å². The molecule has 0 amide bonds. The first kappa shape index (κ1) is 21.7. The van der Waals surface area contributed by atoms with Crippen molar-refractivity contribution in [2.45, 2.75) is 0 Å². The molecule has 8 rings (SSSR count). The first-order chi connectivity index (χ1) is 19.3. The zero-order valence-electron chi connectivity index (χ0n) is 20.9. The fourth-order valence-corrected chi connectivity index (χ4v) is 5.74. The molecule has 0 spiro atoms. The standard InChI is InChI=1S/C35H21N3O/c1-3-10-28-26(8-1)33(22-16-18-23(19-17-22)35-37-31-13-5-6-15-32(31)39-35)27-9-2-4-11-29(27)34(28)25-12-7-14-30-24(25)20-21-36-38-30/h1-21H. The quantitative estimate of drug-likeness (QED) is 0.228. The Morgan fingerprint density at radius 3 is 1.79 bits per heavy atom. The van der Waals surface area contributed by atoms with Gasteiger partial charge in [0.2, 0.25) is 5.89 Å². The van der Waals surface area contributed by atoms with Gasteiger partial charge in [0.05, 0.1) is 11.7 Å². The molecule has 0 fully saturated rings. The van der Waals surface area contributed by atoms with Gasteiger partial charge in [-0.2, -0.15) is 10.2 Å². The third-order valence-corrected chi connectivity index (χ3v) is 7.47. The third kappa shape index (κ3) is 3.42. The van der Waals surface area contributed by atoms with E-state index in [9.17, 15) is 0 Å². The predicted octanol–water partition coefficient (Wildman–Crippen LogP) is 9.08. The second-order valence-corrected chi connectivity index (χ2v) is 9.67. The third-order valence-electron chi connectivity index (χ3n) is 7.47. The maximum Gasteiger partial charge on any atom is 0.227 e. The first-order valence-corrected chi connectivity index (χ1v) is 13.0. The second-order valence-electron chi connectivity index (χ2n) is 9.67. The van der Waals surface area contributed by atoms with Crippen molar-refractivity contribution < 1.29 is 4.42 Å². The molecule has 2 aromatic heterocycles. The number of nitrogens with zero attached hydrogens (tertiary/aromatic N) is 3. The Morgan fingerprint density at radius 2 is 1.08 bits per heavy atom. The molecular formula is C35H21N3O. The number of fused-ring (bicyclic) bond motifs is 4. The molecule has 0 saturated carbocycles. The van der Waals surface area contributed by atoms with Crippen LogP contribution in [0.15, 0.2) is 132 Å². The number of hydrogen-bond donors (Lipinski definition) is 0. The lowest BCUT2D eigenvalue weighted by Gasteiger charge is -2.18. The van der Waals surface area contributed by atoms with Gasteiger partial charge in [0.15, 0.2) is 5.58 Å². The number of rotatable bonds is 3. The van der Waals surface area contributed by atoms with Crippen LogP contribution in [0.5, 0.6) is 0 Å². The molecule has 0 radical (unpaired) electrons. The maximum absolute atomic E-state index is 6.02. The minimum Gasteiger partial charge on any atom is -0.436 e. The molecule has 0 aliphatic carbocycles. The van der Waals surface area contributed by atoms with E-state index in [0.29, 0.717) is 5.89 Å². The summed E-state index contributed by atoms with van der Waals surface area (Å²) in [7, 11) is 0. The molecule has 39 heavy (non-hydrogen) atoms. The lowest BCUT2D eigenvalue weighted by Crippen LogP contribution is -1.92. The Hall–Kier alpha value is -5.35. The summed E-state index contributed by atoms with van der Waals surface area (Å²) >= 11 is 0. The van der Waals surface area contributed by atoms with Gasteiger partial charge in [-0.25, -0.2) is 4.98 Å². The van der Waals surface area contributed by atoms with E-state index >= 15 is 0 Å². The minimum atomic E-state index is 0.631. The topological polar surface area (TPSA) is 51.8 Å². The highest BCUT2D eigenvalue weighted by atomic mass is 16.3. The van der Waals surface area contributed by atoms with E-state index < -0.39 is 0 Å². The highest BCUT2D eigenvalue weighted by Crippen LogP contribution is 2.45. The summed E-state index contributed by atoms with van der Waals surface area (Å²) in [5.41, 5.74) is 8.25. The van der Waals surface area contributed by atoms with Gasteiger partial charge in [-0.3, -0.25) is 0 Å². The SMILES string of the molecule is c1ccc2oc(-c3ccc(-c4c5ccccc5c(-c5cccc6nnccc56)c5ccccc45)cc3)nc2c1. The Morgan fingerprint density at radius 1 is 0.462 bits per heavy atom. The molecule has 0 unspecified atom stereocenters. The van der Waals surface area contributed by atoms with Crippen molar-refractivity contribution in [3.63, 3.8) is 0 Å². The average Bonchev–Trinajstić information content (AvgIpc) is 3.44. The van der Waals surface area contributed by atoms with E-state index in [1.54, 1.807) is 6.20 Å². The van der Waals surface area contributed by atoms with Crippen molar-refractivity contribution in [3.05, 3.63) is 128 Å². The van der Waals surface area contributed by atoms with Crippen LogP contribution in [0.25, 0.3) is 77.3 Å². The van der Waals surface area contributed by atoms with Crippen molar-refractivity contribution >= 4 is 43.5 Å². The molecule has 8 aromatic rings. The highest BCUT2D eigenvalue weighted by molar-refractivity contribution is 6.23. The zero-order valence-corrected chi connectivity index (χ0v) is 20.9. The van der Waals surface area contributed by atoms with Crippen molar-refractivity contribution in [3.8, 4) is 33.7 Å². The number of aromatic nitrogens is 3. The molecule has 0 aliphatic rings. The van der Waals surface area contributed by atoms with Gasteiger partial charge >= 0.3 is 0 Å². The lowest BCUT2D eigenvalue weighted by molar-refractivity contribution is 0.620. The molecule has 0 aliphatic heterocycles. The summed E-state index contributed by atoms with van der Waals surface area (Å²) in [6, 6.07) is 42.1. The molecule has 0 saturated heterocycles. The Balaban J connectivity index is 1.38. The molecule has 4 heteroatoms. The van der Waals surface area contributed by atoms with Crippen LogP contribution in [0, 0.1) is 0 Å². The maximum atomic E-state index is 6.02. The fourth-order valence-electron chi connectivity index (χ4n) is 5.74. The number of hydrogen-bond acceptors (Lipinski definition) is 4. The summed E-state index contributed by atoms with van der Waals surface area (Å²) in [6.45, 7) is 0. The summed E-state index contributed by atoms with van der Waals surface area (Å²) in [5, 5.41) is 14.4. The second kappa shape index (κ2) is 8.61. The van der Waals surface area contributed by atoms with Crippen LogP contribution in [0.3, 0.4) is 0 Å². The van der Waals surface area contributed by atoms with Gasteiger partial charge in [-0.05, 0) is 80.2 Å². The molecule has 0 N–H and O–H groups in total. The smallest absolute Gasteiger partial charge is 0.227 e. The normalized spacial score (nSPS) is 11.6. The molecular weight excluding hydrogens is 478 g/mol. The Bertz CT molecular complexity index is 2080. The summed E-state index contributed by atoms with van der Waals surface area (Å²) in [5.74, 6) is 0.631. The predicted molar refractivity (Wildman–Crippen MR) is 158 cm³/mol. The van der Waals surface area contributed by atoms with Crippen molar-refractivity contribution in [1.29, 1.82) is 0 Å². The van der Waals surface area contributed by atoms with Crippen LogP contribution >= 0.6 is 0 Å². The zero-order chi connectivity index (χ0) is 25.8. The summed E-state index contributed by atoms with van der Waals surface area (Å²) in [6.07, 6.45) is 1.77. The van der Waals surface area contributed by atoms with Gasteiger partial charge in [0.25, 0.3) is 0 Å². The van der Waals surface area contributed by atoms with Gasteiger partial charge in [0, 0.05) is 10.9 Å². The van der Waals surface area contributed by atoms with E-state index in [-0.39, 0.29) is 0 Å². The Labute approximate surface area is 224 Å². The highest BCUT2D eigenvalue weighted by Gasteiger charge is 2.18. The van der Waals surface area contributed by atoms with Gasteiger partial charge in [-0.15, -0.1) is 0 Å². The van der Waals surface area contributed by atoms with Crippen LogP contribution in [0.4, 0.5) is 0 Å². The van der Waals surface area contributed by atoms with Gasteiger partial charge in [-0.1, -0.05) is 84.9 Å². The summed E-state index contributed by atoms with van der Waals surface area (Å²) < 4.78 is 6.02. The van der Waals surface area contributed by atoms with Crippen LogP contribution in [0.1, 0.15) is 0 Å². The van der Waals surface area contributed by atoms with Crippen LogP contribution < -0.4 is 0 Å². The fraction of sp³-hybridized carbons (Fsp3) is 0. The minimum absolute atomic E-state index is 0.631. The number of benzene rings is 6. The molecule has 182 valence electrons. The van der Waals surface area contributed by atoms with Crippen molar-refractivity contribution in [1.82, 2.24) is 15.2 Å². The molecule has 6 aromatic carbocycles. The van der Waals surface area contributed by atoms with Gasteiger partial charge in [0.1, 0.15) is 5.52 Å².